The molecule has 0 aliphatic heterocycles. The number of nitrogens with zero attached hydrogens (tertiary/aromatic N) is 2. The molecule has 2 N–H and O–H groups in total. The second kappa shape index (κ2) is 29.7. The fourth-order valence-electron chi connectivity index (χ4n) is 8.13. The first-order valence-corrected chi connectivity index (χ1v) is 27.6. The van der Waals surface area contributed by atoms with Gasteiger partial charge in [0.05, 0.1) is 0 Å². The van der Waals surface area contributed by atoms with E-state index < -0.39 is 34.1 Å². The fourth-order valence-corrected chi connectivity index (χ4v) is 8.13. The summed E-state index contributed by atoms with van der Waals surface area (Å²) >= 11 is -1.11. The summed E-state index contributed by atoms with van der Waals surface area (Å²) in [5, 5.41) is 20.0. The molecule has 2 aliphatic rings. The van der Waals surface area contributed by atoms with Crippen molar-refractivity contribution in [3.8, 4) is 11.5 Å². The van der Waals surface area contributed by atoms with Crippen molar-refractivity contribution in [3.63, 3.8) is 0 Å². The summed E-state index contributed by atoms with van der Waals surface area (Å²) in [5.41, 5.74) is 6.10. The molecule has 2 aromatic carbocycles. The number of aromatic hydroxyl groups is 2. The number of rotatable bonds is 7. The van der Waals surface area contributed by atoms with Crippen LogP contribution in [0.1, 0.15) is 103 Å². The normalized spacial score (nSPS) is 26.6. The van der Waals surface area contributed by atoms with Gasteiger partial charge in [0, 0.05) is 26.2 Å². The van der Waals surface area contributed by atoms with Gasteiger partial charge in [-0.3, -0.25) is 4.90 Å². The Morgan fingerprint density at radius 2 is 0.648 bits per heavy atom. The first-order chi connectivity index (χ1) is 24.1. The van der Waals surface area contributed by atoms with Gasteiger partial charge in [-0.15, -0.1) is 0 Å². The van der Waals surface area contributed by atoms with Gasteiger partial charge < -0.3 is 30.0 Å². The van der Waals surface area contributed by atoms with Crippen LogP contribution in [0.5, 0.6) is 11.5 Å². The summed E-state index contributed by atoms with van der Waals surface area (Å²) in [6.45, 7) is 35.4. The summed E-state index contributed by atoms with van der Waals surface area (Å²) in [4.78, 5) is 4.60. The Labute approximate surface area is 368 Å². The van der Waals surface area contributed by atoms with Crippen LogP contribution in [0.4, 0.5) is 0 Å². The van der Waals surface area contributed by atoms with Gasteiger partial charge in [0.15, 0.2) is 0 Å². The standard InChI is InChI=1S/C22H32N2O2.2C10H20.2CH3.4ClH.2Ti/c1-15-9-19(10-16(2)21(15)25)13-24(8-7-23(5)6)14-20-11-17(3)22(26)18(4)12-20;2*1-6-7(2)9(4)10(5)8(6)3;;;;;;;;/h9-12,25-26H,7-8,13-14H2,1-6H3;2*6-10H,1-5H3;2*1H3;4*1H;;/q;;;2*-1;;;;;2*+2/p-4. The van der Waals surface area contributed by atoms with Gasteiger partial charge in [-0.25, -0.2) is 0 Å². The molecule has 2 saturated carbocycles. The average Bonchev–Trinajstić information content (AvgIpc) is 3.35. The molecule has 0 bridgehead atoms. The van der Waals surface area contributed by atoms with E-state index in [0.29, 0.717) is 11.5 Å². The number of phenolic OH excluding ortho intramolecular Hbond substituents is 2. The molecule has 0 aromatic heterocycles. The third-order valence-corrected chi connectivity index (χ3v) is 13.1. The molecule has 4 rings (SSSR count). The van der Waals surface area contributed by atoms with E-state index in [4.69, 9.17) is 37.2 Å². The molecule has 0 radical (unpaired) electrons. The van der Waals surface area contributed by atoms with E-state index in [1.54, 1.807) is 0 Å². The first-order valence-electron chi connectivity index (χ1n) is 19.0. The molecule has 314 valence electrons. The van der Waals surface area contributed by atoms with Crippen molar-refractivity contribution in [1.29, 1.82) is 0 Å². The number of benzene rings is 2. The van der Waals surface area contributed by atoms with Crippen LogP contribution in [0.3, 0.4) is 0 Å². The van der Waals surface area contributed by atoms with Crippen LogP contribution in [-0.4, -0.2) is 47.2 Å². The molecule has 2 aliphatic carbocycles. The zero-order chi connectivity index (χ0) is 40.6. The SMILES string of the molecule is CC1C(C)C(C)C(C)C1C.CC1C(C)C(C)C(C)C1C.Cc1cc(CN(CCN(C)C)Cc2cc(C)c(O)c(C)c2)cc(C)c1O.[CH3-].[CH3-].[Cl][Ti][Cl].[Cl][Ti][Cl]. The van der Waals surface area contributed by atoms with Crippen LogP contribution in [-0.2, 0) is 47.2 Å². The molecule has 0 saturated heterocycles. The van der Waals surface area contributed by atoms with Gasteiger partial charge in [-0.2, -0.15) is 0 Å². The van der Waals surface area contributed by atoms with Crippen molar-refractivity contribution in [2.45, 2.75) is 110 Å². The van der Waals surface area contributed by atoms with Gasteiger partial charge in [-0.1, -0.05) is 93.5 Å². The quantitative estimate of drug-likeness (QED) is 0.215. The topological polar surface area (TPSA) is 46.9 Å². The number of hydrogen-bond donors (Lipinski definition) is 2. The molecule has 54 heavy (non-hydrogen) atoms. The number of likely N-dealkylation sites (N-methyl/N-ethyl adjacent to an activating group) is 1. The Morgan fingerprint density at radius 1 is 0.463 bits per heavy atom. The first kappa shape index (κ1) is 58.9. The predicted octanol–water partition coefficient (Wildman–Crippen LogP) is 13.9. The minimum absolute atomic E-state index is 0. The summed E-state index contributed by atoms with van der Waals surface area (Å²) < 4.78 is 0. The second-order valence-electron chi connectivity index (χ2n) is 16.4. The van der Waals surface area contributed by atoms with E-state index in [1.165, 1.54) is 11.1 Å². The van der Waals surface area contributed by atoms with Crippen molar-refractivity contribution in [2.24, 2.45) is 59.2 Å². The maximum absolute atomic E-state index is 10.0. The number of aryl methyl sites for hydroxylation is 4. The van der Waals surface area contributed by atoms with Crippen LogP contribution in [0, 0.1) is 102 Å². The van der Waals surface area contributed by atoms with Gasteiger partial charge in [0.2, 0.25) is 0 Å². The Kier molecular flexibility index (Phi) is 32.4. The molecule has 2 fully saturated rings. The van der Waals surface area contributed by atoms with E-state index in [9.17, 15) is 10.2 Å². The summed E-state index contributed by atoms with van der Waals surface area (Å²) in [6, 6.07) is 8.27. The molecular weight excluding hydrogens is 826 g/mol. The molecule has 2 aromatic rings. The Balaban J connectivity index is -0.000000764. The Hall–Kier alpha value is 0.549. The third-order valence-electron chi connectivity index (χ3n) is 13.1. The number of phenols is 2. The molecule has 0 atom stereocenters. The summed E-state index contributed by atoms with van der Waals surface area (Å²) in [7, 11) is 23.7. The fraction of sp³-hybridized carbons (Fsp3) is 0.682. The Bertz CT molecular complexity index is 1080. The number of halogens is 4. The zero-order valence-corrected chi connectivity index (χ0v) is 43.4. The van der Waals surface area contributed by atoms with E-state index in [0.717, 1.165) is 108 Å². The number of hydrogen-bond acceptors (Lipinski definition) is 4. The molecule has 0 unspecified atom stereocenters. The van der Waals surface area contributed by atoms with E-state index >= 15 is 0 Å². The van der Waals surface area contributed by atoms with Gasteiger partial charge in [0.25, 0.3) is 0 Å². The summed E-state index contributed by atoms with van der Waals surface area (Å²) in [6.07, 6.45) is 0. The van der Waals surface area contributed by atoms with Crippen LogP contribution < -0.4 is 0 Å². The van der Waals surface area contributed by atoms with E-state index in [2.05, 4.69) is 117 Å². The van der Waals surface area contributed by atoms with Crippen molar-refractivity contribution in [1.82, 2.24) is 9.80 Å². The van der Waals surface area contributed by atoms with Crippen molar-refractivity contribution >= 4 is 37.2 Å². The molecule has 4 nitrogen and oxygen atoms in total. The van der Waals surface area contributed by atoms with Gasteiger partial charge in [-0.05, 0) is 134 Å². The zero-order valence-electron chi connectivity index (χ0n) is 37.2. The van der Waals surface area contributed by atoms with Gasteiger partial charge >= 0.3 is 71.3 Å². The molecule has 0 amide bonds. The van der Waals surface area contributed by atoms with Crippen LogP contribution in [0.2, 0.25) is 0 Å². The van der Waals surface area contributed by atoms with Crippen molar-refractivity contribution < 1.29 is 44.3 Å². The molecule has 0 heterocycles. The van der Waals surface area contributed by atoms with Crippen molar-refractivity contribution in [2.75, 3.05) is 27.2 Å². The van der Waals surface area contributed by atoms with E-state index in [1.807, 2.05) is 27.7 Å². The molecule has 10 heteroatoms. The predicted molar refractivity (Wildman–Crippen MR) is 236 cm³/mol. The molecular formula is C44H78Cl4N2O2Ti2-2. The van der Waals surface area contributed by atoms with E-state index in [-0.39, 0.29) is 14.9 Å². The Morgan fingerprint density at radius 3 is 0.815 bits per heavy atom. The molecule has 0 spiro atoms. The van der Waals surface area contributed by atoms with Crippen LogP contribution >= 0.6 is 37.2 Å². The summed E-state index contributed by atoms with van der Waals surface area (Å²) in [5.74, 6) is 10.1. The van der Waals surface area contributed by atoms with Gasteiger partial charge in [0.1, 0.15) is 11.5 Å². The van der Waals surface area contributed by atoms with Crippen LogP contribution in [0.25, 0.3) is 0 Å². The minimum atomic E-state index is -0.556. The van der Waals surface area contributed by atoms with Crippen molar-refractivity contribution in [3.05, 3.63) is 72.5 Å². The van der Waals surface area contributed by atoms with Crippen LogP contribution in [0.15, 0.2) is 24.3 Å². The average molecular weight is 905 g/mol. The third kappa shape index (κ3) is 19.1. The second-order valence-corrected chi connectivity index (χ2v) is 21.6. The monoisotopic (exact) mass is 902 g/mol. The maximum atomic E-state index is 10.0.